The fraction of sp³-hybridized carbons (Fsp3) is 0.130. The number of halogens is 1. The third kappa shape index (κ3) is 5.02. The first-order valence-electron chi connectivity index (χ1n) is 9.71. The van der Waals surface area contributed by atoms with E-state index in [4.69, 9.17) is 27.1 Å². The number of rotatable bonds is 7. The zero-order valence-electron chi connectivity index (χ0n) is 17.1. The highest BCUT2D eigenvalue weighted by atomic mass is 35.5. The van der Waals surface area contributed by atoms with Crippen LogP contribution in [0.2, 0.25) is 5.02 Å². The third-order valence-electron chi connectivity index (χ3n) is 4.46. The molecule has 32 heavy (non-hydrogen) atoms. The van der Waals surface area contributed by atoms with E-state index in [0.29, 0.717) is 28.2 Å². The molecule has 9 heteroatoms. The number of thiazole rings is 1. The number of ether oxygens (including phenoxy) is 1. The number of aromatic nitrogens is 3. The molecule has 0 amide bonds. The average Bonchev–Trinajstić information content (AvgIpc) is 3.28. The van der Waals surface area contributed by atoms with E-state index in [1.54, 1.807) is 11.3 Å². The minimum Gasteiger partial charge on any atom is -0.494 e. The first kappa shape index (κ1) is 22.1. The quantitative estimate of drug-likeness (QED) is 0.254. The van der Waals surface area contributed by atoms with Crippen molar-refractivity contribution in [2.75, 3.05) is 12.3 Å². The van der Waals surface area contributed by atoms with Crippen LogP contribution in [0.25, 0.3) is 21.8 Å². The summed E-state index contributed by atoms with van der Waals surface area (Å²) in [5.41, 5.74) is 9.55. The summed E-state index contributed by atoms with van der Waals surface area (Å²) in [5, 5.41) is 13.7. The van der Waals surface area contributed by atoms with Gasteiger partial charge in [0.1, 0.15) is 28.2 Å². The molecule has 0 aliphatic carbocycles. The summed E-state index contributed by atoms with van der Waals surface area (Å²) < 4.78 is 5.49. The van der Waals surface area contributed by atoms with Gasteiger partial charge in [-0.05, 0) is 43.3 Å². The molecular weight excluding hydrogens is 462 g/mol. The largest absolute Gasteiger partial charge is 0.494 e. The summed E-state index contributed by atoms with van der Waals surface area (Å²) in [4.78, 5) is 13.6. The Balaban J connectivity index is 1.54. The van der Waals surface area contributed by atoms with E-state index in [0.717, 1.165) is 27.6 Å². The second-order valence-corrected chi connectivity index (χ2v) is 8.86. The van der Waals surface area contributed by atoms with Gasteiger partial charge in [0.15, 0.2) is 5.16 Å². The predicted molar refractivity (Wildman–Crippen MR) is 130 cm³/mol. The lowest BCUT2D eigenvalue weighted by Gasteiger charge is -2.09. The van der Waals surface area contributed by atoms with E-state index < -0.39 is 0 Å². The van der Waals surface area contributed by atoms with Crippen LogP contribution in [0.15, 0.2) is 59.1 Å². The fourth-order valence-corrected chi connectivity index (χ4v) is 4.75. The van der Waals surface area contributed by atoms with E-state index in [9.17, 15) is 5.26 Å². The lowest BCUT2D eigenvalue weighted by Crippen LogP contribution is -2.03. The van der Waals surface area contributed by atoms with Crippen molar-refractivity contribution >= 4 is 40.5 Å². The predicted octanol–water partition coefficient (Wildman–Crippen LogP) is 6.07. The Morgan fingerprint density at radius 3 is 2.47 bits per heavy atom. The molecule has 2 aromatic heterocycles. The Bertz CT molecular complexity index is 1270. The van der Waals surface area contributed by atoms with Crippen LogP contribution in [0.3, 0.4) is 0 Å². The van der Waals surface area contributed by atoms with Crippen LogP contribution in [-0.4, -0.2) is 21.6 Å². The topological polar surface area (TPSA) is 97.7 Å². The van der Waals surface area contributed by atoms with Crippen LogP contribution >= 0.6 is 34.7 Å². The molecule has 0 aliphatic rings. The second-order valence-electron chi connectivity index (χ2n) is 6.62. The first-order chi connectivity index (χ1) is 15.6. The van der Waals surface area contributed by atoms with Gasteiger partial charge in [-0.2, -0.15) is 5.26 Å². The van der Waals surface area contributed by atoms with Crippen molar-refractivity contribution in [1.82, 2.24) is 15.0 Å². The summed E-state index contributed by atoms with van der Waals surface area (Å²) >= 11 is 8.96. The Morgan fingerprint density at radius 1 is 1.06 bits per heavy atom. The minimum absolute atomic E-state index is 0.161. The van der Waals surface area contributed by atoms with Crippen LogP contribution in [0.4, 0.5) is 5.82 Å². The maximum absolute atomic E-state index is 9.57. The van der Waals surface area contributed by atoms with Crippen molar-refractivity contribution in [3.63, 3.8) is 0 Å². The molecule has 2 N–H and O–H groups in total. The van der Waals surface area contributed by atoms with Gasteiger partial charge in [-0.15, -0.1) is 11.3 Å². The van der Waals surface area contributed by atoms with E-state index in [2.05, 4.69) is 16.0 Å². The van der Waals surface area contributed by atoms with Crippen LogP contribution in [0.1, 0.15) is 18.2 Å². The molecule has 0 radical (unpaired) electrons. The van der Waals surface area contributed by atoms with Crippen molar-refractivity contribution in [3.05, 3.63) is 70.2 Å². The van der Waals surface area contributed by atoms with Gasteiger partial charge < -0.3 is 10.5 Å². The number of benzene rings is 2. The van der Waals surface area contributed by atoms with Crippen LogP contribution in [0, 0.1) is 11.3 Å². The highest BCUT2D eigenvalue weighted by Crippen LogP contribution is 2.31. The Morgan fingerprint density at radius 2 is 1.78 bits per heavy atom. The van der Waals surface area contributed by atoms with Gasteiger partial charge in [0.05, 0.1) is 18.0 Å². The molecule has 4 rings (SSSR count). The summed E-state index contributed by atoms with van der Waals surface area (Å²) in [5.74, 6) is 1.50. The summed E-state index contributed by atoms with van der Waals surface area (Å²) in [7, 11) is 0. The zero-order valence-corrected chi connectivity index (χ0v) is 19.5. The Hall–Kier alpha value is -3.12. The standard InChI is InChI=1S/C23H18ClN5OS2/c1-2-30-18-9-5-14(6-10-18)20-19(11-25)21(26)29-23(28-20)32-13-17-12-31-22(27-17)15-3-7-16(24)8-4-15/h3-10,12H,2,13H2,1H3,(H2,26,28,29). The number of hydrogen-bond donors (Lipinski definition) is 1. The maximum atomic E-state index is 9.57. The Kier molecular flexibility index (Phi) is 6.90. The van der Waals surface area contributed by atoms with E-state index in [-0.39, 0.29) is 11.4 Å². The van der Waals surface area contributed by atoms with Gasteiger partial charge in [0.2, 0.25) is 0 Å². The Labute approximate surface area is 199 Å². The van der Waals surface area contributed by atoms with Gasteiger partial charge in [-0.3, -0.25) is 0 Å². The normalized spacial score (nSPS) is 10.7. The van der Waals surface area contributed by atoms with Crippen LogP contribution in [0.5, 0.6) is 5.75 Å². The van der Waals surface area contributed by atoms with Crippen molar-refractivity contribution in [2.45, 2.75) is 17.8 Å². The van der Waals surface area contributed by atoms with Crippen molar-refractivity contribution in [3.8, 4) is 33.6 Å². The molecule has 6 nitrogen and oxygen atoms in total. The highest BCUT2D eigenvalue weighted by molar-refractivity contribution is 7.98. The number of nitrogens with zero attached hydrogens (tertiary/aromatic N) is 4. The van der Waals surface area contributed by atoms with Gasteiger partial charge in [0, 0.05) is 27.3 Å². The summed E-state index contributed by atoms with van der Waals surface area (Å²) in [6.45, 7) is 2.51. The number of nitrogen functional groups attached to an aromatic ring is 1. The molecule has 0 spiro atoms. The van der Waals surface area contributed by atoms with Crippen LogP contribution < -0.4 is 10.5 Å². The van der Waals surface area contributed by atoms with Gasteiger partial charge in [-0.1, -0.05) is 35.5 Å². The number of nitrogens with two attached hydrogens (primary N) is 1. The van der Waals surface area contributed by atoms with E-state index in [1.165, 1.54) is 11.8 Å². The lowest BCUT2D eigenvalue weighted by molar-refractivity contribution is 0.340. The molecule has 0 bridgehead atoms. The molecule has 0 atom stereocenters. The van der Waals surface area contributed by atoms with Crippen molar-refractivity contribution in [1.29, 1.82) is 5.26 Å². The van der Waals surface area contributed by atoms with E-state index >= 15 is 0 Å². The molecule has 0 saturated heterocycles. The monoisotopic (exact) mass is 479 g/mol. The van der Waals surface area contributed by atoms with Crippen molar-refractivity contribution < 1.29 is 4.74 Å². The molecule has 2 aromatic carbocycles. The maximum Gasteiger partial charge on any atom is 0.190 e. The number of nitriles is 1. The lowest BCUT2D eigenvalue weighted by atomic mass is 10.1. The fourth-order valence-electron chi connectivity index (χ4n) is 2.95. The molecule has 0 fully saturated rings. The SMILES string of the molecule is CCOc1ccc(-c2nc(SCc3csc(-c4ccc(Cl)cc4)n3)nc(N)c2C#N)cc1. The molecule has 160 valence electrons. The molecular formula is C23H18ClN5OS2. The van der Waals surface area contributed by atoms with Crippen molar-refractivity contribution in [2.24, 2.45) is 0 Å². The third-order valence-corrected chi connectivity index (χ3v) is 6.53. The molecule has 0 saturated carbocycles. The van der Waals surface area contributed by atoms with Crippen LogP contribution in [-0.2, 0) is 5.75 Å². The first-order valence-corrected chi connectivity index (χ1v) is 12.0. The number of anilines is 1. The van der Waals surface area contributed by atoms with E-state index in [1.807, 2.05) is 60.8 Å². The highest BCUT2D eigenvalue weighted by Gasteiger charge is 2.15. The molecule has 2 heterocycles. The number of thioether (sulfide) groups is 1. The molecule has 0 aliphatic heterocycles. The summed E-state index contributed by atoms with van der Waals surface area (Å²) in [6.07, 6.45) is 0. The smallest absolute Gasteiger partial charge is 0.190 e. The van der Waals surface area contributed by atoms with Gasteiger partial charge in [-0.25, -0.2) is 15.0 Å². The average molecular weight is 480 g/mol. The second kappa shape index (κ2) is 10.0. The molecule has 4 aromatic rings. The molecule has 0 unspecified atom stereocenters. The van der Waals surface area contributed by atoms with Gasteiger partial charge in [0.25, 0.3) is 0 Å². The zero-order chi connectivity index (χ0) is 22.5. The minimum atomic E-state index is 0.161. The summed E-state index contributed by atoms with van der Waals surface area (Å²) in [6, 6.07) is 17.1. The van der Waals surface area contributed by atoms with Gasteiger partial charge >= 0.3 is 0 Å². The number of hydrogen-bond acceptors (Lipinski definition) is 8.